The van der Waals surface area contributed by atoms with Crippen LogP contribution in [0.4, 0.5) is 0 Å². The number of nitrogens with two attached hydrogens (primary N) is 1. The normalized spacial score (nSPS) is 14.4. The van der Waals surface area contributed by atoms with Crippen LogP contribution in [-0.4, -0.2) is 15.0 Å². The molecule has 0 aromatic heterocycles. The summed E-state index contributed by atoms with van der Waals surface area (Å²) in [4.78, 5) is 0.281. The molecule has 1 rings (SSSR count). The number of nitrogens with one attached hydrogen (secondary N) is 1. The van der Waals surface area contributed by atoms with Gasteiger partial charge in [0, 0.05) is 12.6 Å². The van der Waals surface area contributed by atoms with E-state index in [0.717, 1.165) is 12.0 Å². The van der Waals surface area contributed by atoms with Crippen molar-refractivity contribution >= 4 is 10.0 Å². The van der Waals surface area contributed by atoms with E-state index in [-0.39, 0.29) is 16.4 Å². The number of benzene rings is 1. The SMILES string of the molecule is CCC(N)c1cccc(S(=O)(=O)NCC(C)(C)C(C)C)c1. The molecule has 0 fully saturated rings. The van der Waals surface area contributed by atoms with E-state index in [1.165, 1.54) is 0 Å². The number of hydrogen-bond acceptors (Lipinski definition) is 3. The van der Waals surface area contributed by atoms with Crippen LogP contribution in [0.3, 0.4) is 0 Å². The highest BCUT2D eigenvalue weighted by atomic mass is 32.2. The zero-order valence-electron chi connectivity index (χ0n) is 13.7. The van der Waals surface area contributed by atoms with Crippen LogP contribution in [0.5, 0.6) is 0 Å². The van der Waals surface area contributed by atoms with E-state index in [1.807, 2.05) is 13.0 Å². The third-order valence-corrected chi connectivity index (χ3v) is 5.72. The Morgan fingerprint density at radius 3 is 2.43 bits per heavy atom. The minimum Gasteiger partial charge on any atom is -0.324 e. The van der Waals surface area contributed by atoms with Crippen molar-refractivity contribution in [2.45, 2.75) is 52.0 Å². The van der Waals surface area contributed by atoms with Gasteiger partial charge in [0.05, 0.1) is 4.90 Å². The van der Waals surface area contributed by atoms with Crippen LogP contribution in [-0.2, 0) is 10.0 Å². The molecular formula is C16H28N2O2S. The van der Waals surface area contributed by atoms with Gasteiger partial charge >= 0.3 is 0 Å². The third kappa shape index (κ3) is 4.80. The zero-order valence-corrected chi connectivity index (χ0v) is 14.5. The molecule has 0 aliphatic heterocycles. The first kappa shape index (κ1) is 18.1. The van der Waals surface area contributed by atoms with E-state index in [4.69, 9.17) is 5.73 Å². The predicted molar refractivity (Wildman–Crippen MR) is 87.5 cm³/mol. The molecule has 0 bridgehead atoms. The molecule has 0 saturated heterocycles. The van der Waals surface area contributed by atoms with E-state index in [0.29, 0.717) is 12.5 Å². The lowest BCUT2D eigenvalue weighted by Gasteiger charge is -2.29. The van der Waals surface area contributed by atoms with Crippen molar-refractivity contribution in [1.82, 2.24) is 4.72 Å². The summed E-state index contributed by atoms with van der Waals surface area (Å²) in [6.45, 7) is 10.7. The van der Waals surface area contributed by atoms with Crippen LogP contribution < -0.4 is 10.5 Å². The first-order chi connectivity index (χ1) is 9.60. The average Bonchev–Trinajstić information content (AvgIpc) is 2.44. The van der Waals surface area contributed by atoms with Crippen LogP contribution in [0.25, 0.3) is 0 Å². The summed E-state index contributed by atoms with van der Waals surface area (Å²) in [6.07, 6.45) is 0.775. The molecule has 0 radical (unpaired) electrons. The molecule has 5 heteroatoms. The molecule has 0 spiro atoms. The summed E-state index contributed by atoms with van der Waals surface area (Å²) in [6, 6.07) is 6.75. The maximum Gasteiger partial charge on any atom is 0.240 e. The molecule has 120 valence electrons. The second-order valence-electron chi connectivity index (χ2n) is 6.56. The van der Waals surface area contributed by atoms with Gasteiger partial charge in [-0.15, -0.1) is 0 Å². The maximum absolute atomic E-state index is 12.4. The van der Waals surface area contributed by atoms with Gasteiger partial charge in [0.15, 0.2) is 0 Å². The summed E-state index contributed by atoms with van der Waals surface area (Å²) in [5, 5.41) is 0. The van der Waals surface area contributed by atoms with E-state index >= 15 is 0 Å². The molecule has 0 aliphatic rings. The predicted octanol–water partition coefficient (Wildman–Crippen LogP) is 3.06. The molecule has 3 N–H and O–H groups in total. The Morgan fingerprint density at radius 2 is 1.90 bits per heavy atom. The van der Waals surface area contributed by atoms with Crippen molar-refractivity contribution in [3.8, 4) is 0 Å². The topological polar surface area (TPSA) is 72.2 Å². The van der Waals surface area contributed by atoms with E-state index in [1.54, 1.807) is 18.2 Å². The minimum atomic E-state index is -3.50. The summed E-state index contributed by atoms with van der Waals surface area (Å²) in [5.74, 6) is 0.389. The van der Waals surface area contributed by atoms with E-state index in [9.17, 15) is 8.42 Å². The lowest BCUT2D eigenvalue weighted by molar-refractivity contribution is 0.252. The Balaban J connectivity index is 2.94. The third-order valence-electron chi connectivity index (χ3n) is 4.32. The highest BCUT2D eigenvalue weighted by molar-refractivity contribution is 7.89. The fourth-order valence-corrected chi connectivity index (χ4v) is 2.99. The molecule has 1 aromatic rings. The van der Waals surface area contributed by atoms with E-state index < -0.39 is 10.0 Å². The van der Waals surface area contributed by atoms with Gasteiger partial charge in [-0.25, -0.2) is 13.1 Å². The van der Waals surface area contributed by atoms with Gasteiger partial charge < -0.3 is 5.73 Å². The molecule has 21 heavy (non-hydrogen) atoms. The smallest absolute Gasteiger partial charge is 0.240 e. The van der Waals surface area contributed by atoms with Gasteiger partial charge in [0.1, 0.15) is 0 Å². The molecule has 4 nitrogen and oxygen atoms in total. The van der Waals surface area contributed by atoms with Gasteiger partial charge in [-0.1, -0.05) is 46.8 Å². The van der Waals surface area contributed by atoms with Gasteiger partial charge in [-0.3, -0.25) is 0 Å². The van der Waals surface area contributed by atoms with Gasteiger partial charge in [0.2, 0.25) is 10.0 Å². The second-order valence-corrected chi connectivity index (χ2v) is 8.32. The van der Waals surface area contributed by atoms with Crippen molar-refractivity contribution < 1.29 is 8.42 Å². The Kier molecular flexibility index (Phi) is 5.96. The van der Waals surface area contributed by atoms with E-state index in [2.05, 4.69) is 32.4 Å². The Labute approximate surface area is 129 Å². The largest absolute Gasteiger partial charge is 0.324 e. The Morgan fingerprint density at radius 1 is 1.29 bits per heavy atom. The van der Waals surface area contributed by atoms with Gasteiger partial charge in [0.25, 0.3) is 0 Å². The number of sulfonamides is 1. The minimum absolute atomic E-state index is 0.0928. The molecule has 0 aliphatic carbocycles. The quantitative estimate of drug-likeness (QED) is 0.813. The first-order valence-electron chi connectivity index (χ1n) is 7.45. The standard InChI is InChI=1S/C16H28N2O2S/c1-6-15(17)13-8-7-9-14(10-13)21(19,20)18-11-16(4,5)12(2)3/h7-10,12,15,18H,6,11,17H2,1-5H3. The molecule has 0 saturated carbocycles. The van der Waals surface area contributed by atoms with Crippen LogP contribution in [0.1, 0.15) is 52.6 Å². The van der Waals surface area contributed by atoms with Crippen LogP contribution in [0.2, 0.25) is 0 Å². The first-order valence-corrected chi connectivity index (χ1v) is 8.93. The summed E-state index contributed by atoms with van der Waals surface area (Å²) in [7, 11) is -3.50. The van der Waals surface area contributed by atoms with Crippen molar-refractivity contribution in [3.05, 3.63) is 29.8 Å². The van der Waals surface area contributed by atoms with Crippen molar-refractivity contribution in [3.63, 3.8) is 0 Å². The lowest BCUT2D eigenvalue weighted by atomic mass is 9.81. The second kappa shape index (κ2) is 6.90. The fourth-order valence-electron chi connectivity index (χ4n) is 1.72. The van der Waals surface area contributed by atoms with Crippen molar-refractivity contribution in [2.75, 3.05) is 6.54 Å². The lowest BCUT2D eigenvalue weighted by Crippen LogP contribution is -2.37. The van der Waals surface area contributed by atoms with Crippen LogP contribution >= 0.6 is 0 Å². The zero-order chi connectivity index (χ0) is 16.3. The van der Waals surface area contributed by atoms with Crippen molar-refractivity contribution in [1.29, 1.82) is 0 Å². The molecule has 0 heterocycles. The fraction of sp³-hybridized carbons (Fsp3) is 0.625. The molecule has 0 amide bonds. The maximum atomic E-state index is 12.4. The van der Waals surface area contributed by atoms with Crippen LogP contribution in [0.15, 0.2) is 29.2 Å². The average molecular weight is 312 g/mol. The summed E-state index contributed by atoms with van der Waals surface area (Å²) < 4.78 is 27.5. The Bertz CT molecular complexity index is 565. The summed E-state index contributed by atoms with van der Waals surface area (Å²) in [5.41, 5.74) is 6.73. The van der Waals surface area contributed by atoms with Crippen molar-refractivity contribution in [2.24, 2.45) is 17.1 Å². The van der Waals surface area contributed by atoms with Crippen LogP contribution in [0, 0.1) is 11.3 Å². The summed E-state index contributed by atoms with van der Waals surface area (Å²) >= 11 is 0. The number of rotatable bonds is 7. The highest BCUT2D eigenvalue weighted by Crippen LogP contribution is 2.26. The molecule has 1 aromatic carbocycles. The Hall–Kier alpha value is -0.910. The number of hydrogen-bond donors (Lipinski definition) is 2. The van der Waals surface area contributed by atoms with Gasteiger partial charge in [-0.2, -0.15) is 0 Å². The molecule has 1 atom stereocenters. The molecule has 1 unspecified atom stereocenters. The monoisotopic (exact) mass is 312 g/mol. The highest BCUT2D eigenvalue weighted by Gasteiger charge is 2.25. The molecular weight excluding hydrogens is 284 g/mol. The van der Waals surface area contributed by atoms with Gasteiger partial charge in [-0.05, 0) is 35.4 Å².